The Morgan fingerprint density at radius 3 is 2.83 bits per heavy atom. The molecule has 5 nitrogen and oxygen atoms in total. The van der Waals surface area contributed by atoms with Gasteiger partial charge in [0.15, 0.2) is 0 Å². The van der Waals surface area contributed by atoms with Crippen molar-refractivity contribution >= 4 is 11.7 Å². The van der Waals surface area contributed by atoms with Crippen molar-refractivity contribution in [1.82, 2.24) is 4.90 Å². The van der Waals surface area contributed by atoms with Crippen LogP contribution in [-0.2, 0) is 16.1 Å². The van der Waals surface area contributed by atoms with Crippen LogP contribution in [0.2, 0.25) is 0 Å². The predicted molar refractivity (Wildman–Crippen MR) is 91.6 cm³/mol. The van der Waals surface area contributed by atoms with Gasteiger partial charge in [0.25, 0.3) is 0 Å². The Morgan fingerprint density at radius 2 is 2.04 bits per heavy atom. The molecule has 23 heavy (non-hydrogen) atoms. The van der Waals surface area contributed by atoms with E-state index in [2.05, 4.69) is 5.32 Å². The van der Waals surface area contributed by atoms with E-state index in [9.17, 15) is 4.79 Å². The summed E-state index contributed by atoms with van der Waals surface area (Å²) in [5.41, 5.74) is 1.84. The predicted octanol–water partition coefficient (Wildman–Crippen LogP) is 3.50. The zero-order valence-electron chi connectivity index (χ0n) is 14.2. The third kappa shape index (κ3) is 5.52. The fraction of sp³-hybridized carbons (Fsp3) is 0.611. The minimum absolute atomic E-state index is 0.0323. The van der Waals surface area contributed by atoms with Crippen LogP contribution in [0.3, 0.4) is 0 Å². The monoisotopic (exact) mass is 320 g/mol. The van der Waals surface area contributed by atoms with Gasteiger partial charge in [-0.05, 0) is 32.8 Å². The first kappa shape index (κ1) is 17.8. The van der Waals surface area contributed by atoms with Gasteiger partial charge in [-0.15, -0.1) is 0 Å². The SMILES string of the molecule is CCOCc1ccccc1NC(=O)N1CCCC(COCC)C1. The molecule has 0 aromatic heterocycles. The number of hydrogen-bond donors (Lipinski definition) is 1. The second-order valence-electron chi connectivity index (χ2n) is 5.84. The van der Waals surface area contributed by atoms with Crippen LogP contribution < -0.4 is 5.32 Å². The van der Waals surface area contributed by atoms with Gasteiger partial charge in [-0.2, -0.15) is 0 Å². The van der Waals surface area contributed by atoms with Crippen LogP contribution >= 0.6 is 0 Å². The Labute approximate surface area is 139 Å². The zero-order chi connectivity index (χ0) is 16.5. The zero-order valence-corrected chi connectivity index (χ0v) is 14.2. The Hall–Kier alpha value is -1.59. The highest BCUT2D eigenvalue weighted by Gasteiger charge is 2.24. The molecule has 0 radical (unpaired) electrons. The molecule has 1 aromatic carbocycles. The number of anilines is 1. The molecule has 2 amide bonds. The average Bonchev–Trinajstić information content (AvgIpc) is 2.59. The molecule has 1 heterocycles. The number of benzene rings is 1. The molecule has 1 saturated heterocycles. The largest absolute Gasteiger partial charge is 0.381 e. The standard InChI is InChI=1S/C18H28N2O3/c1-3-22-13-15-8-7-11-20(12-15)18(21)19-17-10-6-5-9-16(17)14-23-4-2/h5-6,9-10,15H,3-4,7-8,11-14H2,1-2H3,(H,19,21). The number of amides is 2. The summed E-state index contributed by atoms with van der Waals surface area (Å²) in [5, 5.41) is 3.03. The minimum Gasteiger partial charge on any atom is -0.381 e. The second-order valence-corrected chi connectivity index (χ2v) is 5.84. The molecule has 0 bridgehead atoms. The van der Waals surface area contributed by atoms with E-state index >= 15 is 0 Å². The van der Waals surface area contributed by atoms with Crippen LogP contribution in [0.15, 0.2) is 24.3 Å². The molecule has 128 valence electrons. The number of nitrogens with zero attached hydrogens (tertiary/aromatic N) is 1. The molecule has 0 aliphatic carbocycles. The van der Waals surface area contributed by atoms with E-state index in [4.69, 9.17) is 9.47 Å². The van der Waals surface area contributed by atoms with Crippen molar-refractivity contribution in [3.05, 3.63) is 29.8 Å². The maximum absolute atomic E-state index is 12.5. The van der Waals surface area contributed by atoms with Gasteiger partial charge in [0.2, 0.25) is 0 Å². The van der Waals surface area contributed by atoms with Gasteiger partial charge in [0, 0.05) is 43.5 Å². The molecule has 1 N–H and O–H groups in total. The maximum atomic E-state index is 12.5. The van der Waals surface area contributed by atoms with Gasteiger partial charge in [-0.25, -0.2) is 4.79 Å². The molecule has 2 rings (SSSR count). The summed E-state index contributed by atoms with van der Waals surface area (Å²) >= 11 is 0. The van der Waals surface area contributed by atoms with Crippen molar-refractivity contribution in [1.29, 1.82) is 0 Å². The van der Waals surface area contributed by atoms with Crippen LogP contribution in [0.5, 0.6) is 0 Å². The molecule has 1 aromatic rings. The van der Waals surface area contributed by atoms with Crippen LogP contribution in [0.1, 0.15) is 32.3 Å². The first-order chi connectivity index (χ1) is 11.2. The number of rotatable bonds is 7. The van der Waals surface area contributed by atoms with Crippen LogP contribution in [0.4, 0.5) is 10.5 Å². The minimum atomic E-state index is -0.0323. The number of para-hydroxylation sites is 1. The van der Waals surface area contributed by atoms with E-state index in [0.29, 0.717) is 19.1 Å². The quantitative estimate of drug-likeness (QED) is 0.836. The van der Waals surface area contributed by atoms with Crippen LogP contribution in [-0.4, -0.2) is 43.8 Å². The normalized spacial score (nSPS) is 18.0. The lowest BCUT2D eigenvalue weighted by Gasteiger charge is -2.32. The van der Waals surface area contributed by atoms with Crippen molar-refractivity contribution in [2.24, 2.45) is 5.92 Å². The molecular weight excluding hydrogens is 292 g/mol. The number of carbonyl (C=O) groups excluding carboxylic acids is 1. The maximum Gasteiger partial charge on any atom is 0.321 e. The smallest absolute Gasteiger partial charge is 0.321 e. The number of likely N-dealkylation sites (tertiary alicyclic amines) is 1. The summed E-state index contributed by atoms with van der Waals surface area (Å²) in [4.78, 5) is 14.4. The lowest BCUT2D eigenvalue weighted by molar-refractivity contribution is 0.0777. The van der Waals surface area contributed by atoms with Gasteiger partial charge in [-0.1, -0.05) is 18.2 Å². The summed E-state index contributed by atoms with van der Waals surface area (Å²) in [6.07, 6.45) is 2.16. The van der Waals surface area contributed by atoms with Gasteiger partial charge in [0.1, 0.15) is 0 Å². The third-order valence-electron chi connectivity index (χ3n) is 4.08. The number of hydrogen-bond acceptors (Lipinski definition) is 3. The average molecular weight is 320 g/mol. The third-order valence-corrected chi connectivity index (χ3v) is 4.08. The van der Waals surface area contributed by atoms with E-state index < -0.39 is 0 Å². The topological polar surface area (TPSA) is 50.8 Å². The number of carbonyl (C=O) groups is 1. The number of urea groups is 1. The van der Waals surface area contributed by atoms with Crippen molar-refractivity contribution in [3.63, 3.8) is 0 Å². The first-order valence-electron chi connectivity index (χ1n) is 8.53. The number of nitrogens with one attached hydrogen (secondary N) is 1. The molecule has 1 fully saturated rings. The highest BCUT2D eigenvalue weighted by atomic mass is 16.5. The van der Waals surface area contributed by atoms with E-state index in [-0.39, 0.29) is 6.03 Å². The molecule has 1 aliphatic rings. The molecular formula is C18H28N2O3. The van der Waals surface area contributed by atoms with E-state index in [1.807, 2.05) is 43.0 Å². The molecule has 0 saturated carbocycles. The summed E-state index contributed by atoms with van der Waals surface area (Å²) in [5.74, 6) is 0.438. The fourth-order valence-corrected chi connectivity index (χ4v) is 2.84. The van der Waals surface area contributed by atoms with Crippen molar-refractivity contribution in [3.8, 4) is 0 Å². The molecule has 1 atom stereocenters. The molecule has 0 spiro atoms. The summed E-state index contributed by atoms with van der Waals surface area (Å²) in [7, 11) is 0. The Balaban J connectivity index is 1.93. The lowest BCUT2D eigenvalue weighted by Crippen LogP contribution is -2.43. The van der Waals surface area contributed by atoms with Gasteiger partial charge in [-0.3, -0.25) is 0 Å². The van der Waals surface area contributed by atoms with E-state index in [0.717, 1.165) is 50.4 Å². The van der Waals surface area contributed by atoms with E-state index in [1.165, 1.54) is 0 Å². The van der Waals surface area contributed by atoms with Crippen LogP contribution in [0, 0.1) is 5.92 Å². The first-order valence-corrected chi connectivity index (χ1v) is 8.53. The Bertz CT molecular complexity index is 493. The molecule has 1 unspecified atom stereocenters. The van der Waals surface area contributed by atoms with Gasteiger partial charge >= 0.3 is 6.03 Å². The summed E-state index contributed by atoms with van der Waals surface area (Å²) < 4.78 is 11.0. The number of ether oxygens (including phenoxy) is 2. The Kier molecular flexibility index (Phi) is 7.36. The van der Waals surface area contributed by atoms with Gasteiger partial charge < -0.3 is 19.7 Å². The second kappa shape index (κ2) is 9.53. The lowest BCUT2D eigenvalue weighted by atomic mass is 9.99. The van der Waals surface area contributed by atoms with Crippen molar-refractivity contribution < 1.29 is 14.3 Å². The highest BCUT2D eigenvalue weighted by molar-refractivity contribution is 5.90. The van der Waals surface area contributed by atoms with Crippen molar-refractivity contribution in [2.45, 2.75) is 33.3 Å². The summed E-state index contributed by atoms with van der Waals surface area (Å²) in [6, 6.07) is 7.77. The summed E-state index contributed by atoms with van der Waals surface area (Å²) in [6.45, 7) is 8.18. The van der Waals surface area contributed by atoms with E-state index in [1.54, 1.807) is 0 Å². The highest BCUT2D eigenvalue weighted by Crippen LogP contribution is 2.20. The number of piperidine rings is 1. The van der Waals surface area contributed by atoms with Crippen LogP contribution in [0.25, 0.3) is 0 Å². The fourth-order valence-electron chi connectivity index (χ4n) is 2.84. The molecule has 1 aliphatic heterocycles. The van der Waals surface area contributed by atoms with Gasteiger partial charge in [0.05, 0.1) is 13.2 Å². The van der Waals surface area contributed by atoms with Crippen molar-refractivity contribution in [2.75, 3.05) is 38.2 Å². The Morgan fingerprint density at radius 1 is 1.26 bits per heavy atom. The molecule has 5 heteroatoms.